The average Bonchev–Trinajstić information content (AvgIpc) is 3.42. The summed E-state index contributed by atoms with van der Waals surface area (Å²) < 4.78 is 22.9. The number of carboxylic acids is 1. The first-order chi connectivity index (χ1) is 38.6. The van der Waals surface area contributed by atoms with Crippen molar-refractivity contribution in [2.75, 3.05) is 47.5 Å². The fraction of sp³-hybridized carbons (Fsp3) is 0.700. The number of unbranched alkanes of at least 4 members (excludes halogenated alkanes) is 25. The quantitative estimate of drug-likeness (QED) is 0.0211. The number of carbonyl (C=O) groups excluding carboxylic acids is 2. The van der Waals surface area contributed by atoms with Crippen LogP contribution in [0.5, 0.6) is 0 Å². The normalized spacial score (nSPS) is 13.5. The van der Waals surface area contributed by atoms with Gasteiger partial charge in [-0.15, -0.1) is 0 Å². The minimum absolute atomic E-state index is 0.182. The molecule has 0 fully saturated rings. The first kappa shape index (κ1) is 75.0. The Morgan fingerprint density at radius 2 is 0.722 bits per heavy atom. The fourth-order valence-corrected chi connectivity index (χ4v) is 8.61. The van der Waals surface area contributed by atoms with E-state index in [-0.39, 0.29) is 38.6 Å². The summed E-state index contributed by atoms with van der Waals surface area (Å²) in [7, 11) is 5.96. The number of carboxylic acid groups (broad SMARTS) is 1. The number of hydrogen-bond donors (Lipinski definition) is 1. The molecule has 9 nitrogen and oxygen atoms in total. The highest BCUT2D eigenvalue weighted by molar-refractivity contribution is 5.71. The molecular weight excluding hydrogens is 983 g/mol. The van der Waals surface area contributed by atoms with Gasteiger partial charge in [0.2, 0.25) is 0 Å². The van der Waals surface area contributed by atoms with Crippen molar-refractivity contribution in [2.24, 2.45) is 0 Å². The zero-order chi connectivity index (χ0) is 57.6. The lowest BCUT2D eigenvalue weighted by molar-refractivity contribution is -0.870. The lowest BCUT2D eigenvalue weighted by Crippen LogP contribution is -2.40. The number of hydrogen-bond acceptors (Lipinski definition) is 7. The summed E-state index contributed by atoms with van der Waals surface area (Å²) in [6.45, 7) is 4.73. The zero-order valence-electron chi connectivity index (χ0n) is 51.5. The Morgan fingerprint density at radius 1 is 0.392 bits per heavy atom. The molecule has 0 radical (unpaired) electrons. The summed E-state index contributed by atoms with van der Waals surface area (Å²) in [5.74, 6) is -2.02. The number of likely N-dealkylation sites (N-methyl/N-ethyl adjacent to an activating group) is 1. The van der Waals surface area contributed by atoms with Gasteiger partial charge in [-0.2, -0.15) is 0 Å². The van der Waals surface area contributed by atoms with Gasteiger partial charge in [0.05, 0.1) is 34.4 Å². The molecule has 0 aliphatic carbocycles. The third-order valence-corrected chi connectivity index (χ3v) is 13.5. The minimum atomic E-state index is -1.52. The molecule has 0 heterocycles. The third-order valence-electron chi connectivity index (χ3n) is 13.5. The maximum Gasteiger partial charge on any atom is 0.361 e. The van der Waals surface area contributed by atoms with E-state index in [1.165, 1.54) is 128 Å². The number of aliphatic carboxylic acids is 1. The topological polar surface area (TPSA) is 108 Å². The van der Waals surface area contributed by atoms with Crippen LogP contribution in [0.4, 0.5) is 0 Å². The van der Waals surface area contributed by atoms with Crippen LogP contribution in [0, 0.1) is 0 Å². The molecule has 0 bridgehead atoms. The molecule has 0 aliphatic heterocycles. The largest absolute Gasteiger partial charge is 0.477 e. The van der Waals surface area contributed by atoms with Gasteiger partial charge in [0.25, 0.3) is 6.29 Å². The smallest absolute Gasteiger partial charge is 0.361 e. The Bertz CT molecular complexity index is 1660. The lowest BCUT2D eigenvalue weighted by atomic mass is 10.0. The van der Waals surface area contributed by atoms with Crippen LogP contribution < -0.4 is 0 Å². The highest BCUT2D eigenvalue weighted by Crippen LogP contribution is 2.16. The van der Waals surface area contributed by atoms with Crippen LogP contribution in [-0.2, 0) is 33.3 Å². The predicted octanol–water partition coefficient (Wildman–Crippen LogP) is 19.5. The van der Waals surface area contributed by atoms with Crippen LogP contribution in [-0.4, -0.2) is 87.4 Å². The lowest BCUT2D eigenvalue weighted by Gasteiger charge is -2.25. The number of ether oxygens (including phenoxy) is 4. The molecule has 0 saturated heterocycles. The fourth-order valence-electron chi connectivity index (χ4n) is 8.61. The molecule has 0 aromatic heterocycles. The molecule has 0 aromatic carbocycles. The van der Waals surface area contributed by atoms with Crippen molar-refractivity contribution in [3.8, 4) is 0 Å². The van der Waals surface area contributed by atoms with Crippen molar-refractivity contribution >= 4 is 17.9 Å². The number of esters is 2. The Kier molecular flexibility index (Phi) is 57.0. The van der Waals surface area contributed by atoms with Gasteiger partial charge in [-0.3, -0.25) is 9.59 Å². The highest BCUT2D eigenvalue weighted by Gasteiger charge is 2.25. The van der Waals surface area contributed by atoms with Gasteiger partial charge in [-0.25, -0.2) is 4.79 Å². The standard InChI is InChI=1S/C70H119NO8/c1-6-8-10-12-14-16-18-20-22-24-26-27-28-29-30-31-32-33-34-35-36-37-38-39-40-41-43-45-47-49-51-53-55-57-59-61-68(73)79-66(65-78-70(69(74)75)76-63-62-71(3,4)5)64-77-67(72)60-58-56-54-52-50-48-46-44-42-25-23-21-19-17-15-13-11-9-7-2/h8,10,14-17,20-23,26-27,29-30,32-33,42,44,66,70H,6-7,9,11-13,18-19,24-25,28,31,34-41,43,45-65H2,1-5H3/p+1/b10-8-,16-14-,17-15-,22-20-,23-21-,27-26-,30-29-,33-32-,44-42-. The molecule has 0 amide bonds. The molecule has 0 aliphatic rings. The Labute approximate surface area is 485 Å². The first-order valence-electron chi connectivity index (χ1n) is 32.1. The van der Waals surface area contributed by atoms with Crippen molar-refractivity contribution in [3.63, 3.8) is 0 Å². The average molecular weight is 1100 g/mol. The number of rotatable bonds is 58. The summed E-state index contributed by atoms with van der Waals surface area (Å²) in [5, 5.41) is 9.72. The van der Waals surface area contributed by atoms with E-state index in [9.17, 15) is 19.5 Å². The zero-order valence-corrected chi connectivity index (χ0v) is 51.5. The summed E-state index contributed by atoms with van der Waals surface area (Å²) in [5.41, 5.74) is 0. The monoisotopic (exact) mass is 1100 g/mol. The maximum absolute atomic E-state index is 12.9. The number of allylic oxidation sites excluding steroid dienone is 18. The molecule has 0 saturated carbocycles. The van der Waals surface area contributed by atoms with Crippen molar-refractivity contribution in [2.45, 2.75) is 270 Å². The second-order valence-electron chi connectivity index (χ2n) is 22.3. The molecule has 1 N–H and O–H groups in total. The van der Waals surface area contributed by atoms with E-state index in [1.54, 1.807) is 0 Å². The molecular formula is C70H120NO8+. The summed E-state index contributed by atoms with van der Waals surface area (Å²) in [6.07, 6.45) is 80.4. The summed E-state index contributed by atoms with van der Waals surface area (Å²) in [6, 6.07) is 0. The molecule has 0 aromatic rings. The number of carbonyl (C=O) groups is 3. The van der Waals surface area contributed by atoms with E-state index in [0.29, 0.717) is 17.4 Å². The van der Waals surface area contributed by atoms with Gasteiger partial charge in [-0.1, -0.05) is 252 Å². The highest BCUT2D eigenvalue weighted by atomic mass is 16.7. The van der Waals surface area contributed by atoms with Crippen LogP contribution in [0.15, 0.2) is 109 Å². The predicted molar refractivity (Wildman–Crippen MR) is 336 cm³/mol. The van der Waals surface area contributed by atoms with E-state index < -0.39 is 24.3 Å². The third kappa shape index (κ3) is 61.4. The minimum Gasteiger partial charge on any atom is -0.477 e. The molecule has 0 spiro atoms. The van der Waals surface area contributed by atoms with Gasteiger partial charge in [0.15, 0.2) is 6.10 Å². The van der Waals surface area contributed by atoms with E-state index in [2.05, 4.69) is 123 Å². The Hall–Kier alpha value is -4.05. The summed E-state index contributed by atoms with van der Waals surface area (Å²) in [4.78, 5) is 37.5. The molecule has 9 heteroatoms. The molecule has 0 rings (SSSR count). The van der Waals surface area contributed by atoms with E-state index >= 15 is 0 Å². The van der Waals surface area contributed by atoms with Crippen molar-refractivity contribution in [3.05, 3.63) is 109 Å². The van der Waals surface area contributed by atoms with E-state index in [0.717, 1.165) is 96.3 Å². The van der Waals surface area contributed by atoms with Crippen LogP contribution in [0.25, 0.3) is 0 Å². The van der Waals surface area contributed by atoms with Gasteiger partial charge >= 0.3 is 17.9 Å². The second-order valence-corrected chi connectivity index (χ2v) is 22.3. The van der Waals surface area contributed by atoms with Gasteiger partial charge < -0.3 is 28.5 Å². The van der Waals surface area contributed by atoms with E-state index in [4.69, 9.17) is 18.9 Å². The van der Waals surface area contributed by atoms with Crippen LogP contribution in [0.1, 0.15) is 258 Å². The van der Waals surface area contributed by atoms with Crippen molar-refractivity contribution < 1.29 is 42.9 Å². The SMILES string of the molecule is CC/C=C\C/C=C\C/C=C\C/C=C\C/C=C\C/C=C\CCCCCCCCCCCCCCCCCCC(=O)OC(COC(=O)CCCCCCCC/C=C\C/C=C\C/C=C\CCCCC)COC(OCC[N+](C)(C)C)C(=O)O. The van der Waals surface area contributed by atoms with Gasteiger partial charge in [0, 0.05) is 12.8 Å². The maximum atomic E-state index is 12.9. The van der Waals surface area contributed by atoms with Crippen LogP contribution in [0.3, 0.4) is 0 Å². The number of quaternary nitrogens is 1. The molecule has 2 atom stereocenters. The number of nitrogens with zero attached hydrogens (tertiary/aromatic N) is 1. The van der Waals surface area contributed by atoms with Crippen LogP contribution in [0.2, 0.25) is 0 Å². The summed E-state index contributed by atoms with van der Waals surface area (Å²) >= 11 is 0. The first-order valence-corrected chi connectivity index (χ1v) is 32.1. The van der Waals surface area contributed by atoms with Gasteiger partial charge in [0.1, 0.15) is 13.2 Å². The van der Waals surface area contributed by atoms with E-state index in [1.807, 2.05) is 21.1 Å². The van der Waals surface area contributed by atoms with Gasteiger partial charge in [-0.05, 0) is 103 Å². The van der Waals surface area contributed by atoms with Crippen molar-refractivity contribution in [1.29, 1.82) is 0 Å². The van der Waals surface area contributed by atoms with Crippen molar-refractivity contribution in [1.82, 2.24) is 0 Å². The molecule has 79 heavy (non-hydrogen) atoms. The Morgan fingerprint density at radius 3 is 1.08 bits per heavy atom. The molecule has 452 valence electrons. The Balaban J connectivity index is 4.14. The van der Waals surface area contributed by atoms with Crippen LogP contribution >= 0.6 is 0 Å². The second kappa shape index (κ2) is 60.1. The molecule has 2 unspecified atom stereocenters.